The Balaban J connectivity index is 1.52. The molecule has 5 rings (SSSR count). The average Bonchev–Trinajstić information content (AvgIpc) is 3.15. The maximum absolute atomic E-state index is 14.0. The van der Waals surface area contributed by atoms with Gasteiger partial charge in [0.15, 0.2) is 0 Å². The van der Waals surface area contributed by atoms with Crippen LogP contribution in [0.15, 0.2) is 48.5 Å². The summed E-state index contributed by atoms with van der Waals surface area (Å²) in [5.74, 6) is -0.306. The zero-order chi connectivity index (χ0) is 20.7. The lowest BCUT2D eigenvalue weighted by Gasteiger charge is -2.36. The van der Waals surface area contributed by atoms with Crippen LogP contribution in [0, 0.1) is 12.7 Å². The molecule has 0 saturated carbocycles. The van der Waals surface area contributed by atoms with Crippen molar-refractivity contribution < 1.29 is 9.18 Å². The fourth-order valence-corrected chi connectivity index (χ4v) is 6.29. The lowest BCUT2D eigenvalue weighted by molar-refractivity contribution is 0.195. The van der Waals surface area contributed by atoms with Gasteiger partial charge < -0.3 is 10.2 Å². The smallest absolute Gasteiger partial charge is 0.312 e. The van der Waals surface area contributed by atoms with E-state index in [-0.39, 0.29) is 17.9 Å². The average molecular weight is 421 g/mol. The fourth-order valence-electron chi connectivity index (χ4n) is 4.70. The molecule has 0 unspecified atom stereocenters. The van der Waals surface area contributed by atoms with Gasteiger partial charge in [0.1, 0.15) is 5.82 Å². The highest BCUT2D eigenvalue weighted by Gasteiger charge is 2.36. The molecule has 0 radical (unpaired) electrons. The summed E-state index contributed by atoms with van der Waals surface area (Å²) in [5.41, 5.74) is 5.20. The van der Waals surface area contributed by atoms with E-state index in [4.69, 9.17) is 0 Å². The molecule has 0 spiro atoms. The molecule has 1 aliphatic carbocycles. The molecule has 0 bridgehead atoms. The molecule has 3 aromatic rings. The van der Waals surface area contributed by atoms with Crippen molar-refractivity contribution in [1.82, 2.24) is 4.90 Å². The number of carbonyl (C=O) groups excluding carboxylic acids is 1. The SMILES string of the molecule is Cc1ccc(NC(=O)N2CCc3c(sc4c3CCCC4)[C@H]2c2ccccc2)cc1F. The molecule has 1 N–H and O–H groups in total. The van der Waals surface area contributed by atoms with Gasteiger partial charge in [0, 0.05) is 22.0 Å². The Kier molecular flexibility index (Phi) is 5.07. The van der Waals surface area contributed by atoms with Crippen LogP contribution in [0.4, 0.5) is 14.9 Å². The number of aryl methyl sites for hydroxylation is 2. The topological polar surface area (TPSA) is 32.3 Å². The third-order valence-corrected chi connectivity index (χ3v) is 7.66. The van der Waals surface area contributed by atoms with Crippen molar-refractivity contribution in [2.45, 2.75) is 45.1 Å². The molecule has 0 fully saturated rings. The van der Waals surface area contributed by atoms with E-state index in [0.717, 1.165) is 24.8 Å². The Hall–Kier alpha value is -2.66. The predicted molar refractivity (Wildman–Crippen MR) is 120 cm³/mol. The molecule has 154 valence electrons. The van der Waals surface area contributed by atoms with E-state index in [1.807, 2.05) is 34.4 Å². The third kappa shape index (κ3) is 3.41. The van der Waals surface area contributed by atoms with Gasteiger partial charge in [0.2, 0.25) is 0 Å². The van der Waals surface area contributed by atoms with Crippen LogP contribution < -0.4 is 5.32 Å². The van der Waals surface area contributed by atoms with Crippen LogP contribution in [-0.2, 0) is 19.3 Å². The number of urea groups is 1. The van der Waals surface area contributed by atoms with Gasteiger partial charge in [0.25, 0.3) is 0 Å². The number of rotatable bonds is 2. The zero-order valence-corrected chi connectivity index (χ0v) is 17.9. The molecule has 5 heteroatoms. The number of carbonyl (C=O) groups is 1. The lowest BCUT2D eigenvalue weighted by atomic mass is 9.88. The highest BCUT2D eigenvalue weighted by Crippen LogP contribution is 2.45. The number of fused-ring (bicyclic) bond motifs is 3. The number of nitrogens with one attached hydrogen (secondary N) is 1. The van der Waals surface area contributed by atoms with Gasteiger partial charge in [-0.25, -0.2) is 9.18 Å². The quantitative estimate of drug-likeness (QED) is 0.522. The molecule has 2 aliphatic rings. The molecule has 0 saturated heterocycles. The van der Waals surface area contributed by atoms with Crippen LogP contribution in [0.3, 0.4) is 0 Å². The maximum Gasteiger partial charge on any atom is 0.322 e. The number of thiophene rings is 1. The molecule has 2 amide bonds. The van der Waals surface area contributed by atoms with E-state index in [1.165, 1.54) is 34.2 Å². The van der Waals surface area contributed by atoms with Gasteiger partial charge in [0.05, 0.1) is 6.04 Å². The summed E-state index contributed by atoms with van der Waals surface area (Å²) in [6, 6.07) is 14.8. The first-order valence-corrected chi connectivity index (χ1v) is 11.5. The number of benzene rings is 2. The standard InChI is InChI=1S/C25H25FN2OS/c1-16-11-12-18(15-21(16)26)27-25(29)28-14-13-20-19-9-5-6-10-22(19)30-24(20)23(28)17-7-3-2-4-8-17/h2-4,7-8,11-12,15,23H,5-6,9-10,13-14H2,1H3,(H,27,29)/t23-/m1/s1. The number of anilines is 1. The third-order valence-electron chi connectivity index (χ3n) is 6.27. The summed E-state index contributed by atoms with van der Waals surface area (Å²) in [6.07, 6.45) is 5.72. The predicted octanol–water partition coefficient (Wildman–Crippen LogP) is 6.25. The summed E-state index contributed by atoms with van der Waals surface area (Å²) < 4.78 is 14.0. The van der Waals surface area contributed by atoms with Crippen molar-refractivity contribution in [1.29, 1.82) is 0 Å². The minimum Gasteiger partial charge on any atom is -0.312 e. The van der Waals surface area contributed by atoms with Crippen molar-refractivity contribution >= 4 is 23.1 Å². The first-order valence-electron chi connectivity index (χ1n) is 10.6. The van der Waals surface area contributed by atoms with Gasteiger partial charge in [-0.2, -0.15) is 0 Å². The Bertz CT molecular complexity index is 1090. The largest absolute Gasteiger partial charge is 0.322 e. The molecule has 2 heterocycles. The fraction of sp³-hybridized carbons (Fsp3) is 0.320. The van der Waals surface area contributed by atoms with Crippen molar-refractivity contribution in [2.24, 2.45) is 0 Å². The first kappa shape index (κ1) is 19.3. The van der Waals surface area contributed by atoms with Crippen LogP contribution in [-0.4, -0.2) is 17.5 Å². The van der Waals surface area contributed by atoms with Crippen molar-refractivity contribution in [2.75, 3.05) is 11.9 Å². The van der Waals surface area contributed by atoms with E-state index < -0.39 is 0 Å². The normalized spacial score (nSPS) is 17.9. The summed E-state index contributed by atoms with van der Waals surface area (Å²) in [5, 5.41) is 2.92. The summed E-state index contributed by atoms with van der Waals surface area (Å²) in [6.45, 7) is 2.38. The highest BCUT2D eigenvalue weighted by molar-refractivity contribution is 7.12. The monoisotopic (exact) mass is 420 g/mol. The lowest BCUT2D eigenvalue weighted by Crippen LogP contribution is -2.42. The molecule has 1 atom stereocenters. The molecular weight excluding hydrogens is 395 g/mol. The van der Waals surface area contributed by atoms with E-state index in [9.17, 15) is 9.18 Å². The van der Waals surface area contributed by atoms with E-state index in [0.29, 0.717) is 17.8 Å². The molecule has 2 aromatic carbocycles. The molecule has 3 nitrogen and oxygen atoms in total. The van der Waals surface area contributed by atoms with Crippen LogP contribution in [0.2, 0.25) is 0 Å². The molecular formula is C25H25FN2OS. The summed E-state index contributed by atoms with van der Waals surface area (Å²) >= 11 is 1.89. The second-order valence-corrected chi connectivity index (χ2v) is 9.34. The van der Waals surface area contributed by atoms with Crippen LogP contribution >= 0.6 is 11.3 Å². The molecule has 1 aromatic heterocycles. The zero-order valence-electron chi connectivity index (χ0n) is 17.1. The summed E-state index contributed by atoms with van der Waals surface area (Å²) in [7, 11) is 0. The highest BCUT2D eigenvalue weighted by atomic mass is 32.1. The first-order chi connectivity index (χ1) is 14.6. The molecule has 30 heavy (non-hydrogen) atoms. The Labute approximate surface area is 180 Å². The minimum atomic E-state index is -0.306. The Morgan fingerprint density at radius 2 is 1.87 bits per heavy atom. The van der Waals surface area contributed by atoms with E-state index in [2.05, 4.69) is 17.4 Å². The van der Waals surface area contributed by atoms with E-state index >= 15 is 0 Å². The van der Waals surface area contributed by atoms with Crippen LogP contribution in [0.25, 0.3) is 0 Å². The Morgan fingerprint density at radius 3 is 2.67 bits per heavy atom. The number of hydrogen-bond donors (Lipinski definition) is 1. The van der Waals surface area contributed by atoms with Gasteiger partial charge >= 0.3 is 6.03 Å². The second-order valence-electron chi connectivity index (χ2n) is 8.20. The van der Waals surface area contributed by atoms with Gasteiger partial charge in [-0.3, -0.25) is 0 Å². The number of amides is 2. The van der Waals surface area contributed by atoms with Gasteiger partial charge in [-0.05, 0) is 73.4 Å². The van der Waals surface area contributed by atoms with Crippen molar-refractivity contribution in [3.05, 3.63) is 86.4 Å². The van der Waals surface area contributed by atoms with Crippen LogP contribution in [0.1, 0.15) is 50.9 Å². The van der Waals surface area contributed by atoms with Gasteiger partial charge in [-0.1, -0.05) is 36.4 Å². The maximum atomic E-state index is 14.0. The van der Waals surface area contributed by atoms with Crippen LogP contribution in [0.5, 0.6) is 0 Å². The number of halogens is 1. The molecule has 1 aliphatic heterocycles. The summed E-state index contributed by atoms with van der Waals surface area (Å²) in [4.78, 5) is 18.0. The second kappa shape index (κ2) is 7.88. The van der Waals surface area contributed by atoms with E-state index in [1.54, 1.807) is 24.6 Å². The van der Waals surface area contributed by atoms with Crippen molar-refractivity contribution in [3.8, 4) is 0 Å². The number of nitrogens with zero attached hydrogens (tertiary/aromatic N) is 1. The van der Waals surface area contributed by atoms with Gasteiger partial charge in [-0.15, -0.1) is 11.3 Å². The minimum absolute atomic E-state index is 0.0964. The van der Waals surface area contributed by atoms with Crippen molar-refractivity contribution in [3.63, 3.8) is 0 Å². The Morgan fingerprint density at radius 1 is 1.07 bits per heavy atom. The number of hydrogen-bond acceptors (Lipinski definition) is 2.